The van der Waals surface area contributed by atoms with E-state index >= 15 is 0 Å². The maximum Gasteiger partial charge on any atom is 0.246 e. The standard InChI is InChI=1S/C15H25N3O2/c1-12-4-3-5-14(8-12)20-11-15(19)16-7-6-13-9-17-18(2)10-13/h9-10,12,14H,3-8,11H2,1-2H3,(H,16,19). The molecule has 1 saturated carbocycles. The van der Waals surface area contributed by atoms with E-state index in [1.165, 1.54) is 12.8 Å². The zero-order chi connectivity index (χ0) is 14.4. The molecule has 5 heteroatoms. The van der Waals surface area contributed by atoms with Crippen LogP contribution in [0.1, 0.15) is 38.2 Å². The van der Waals surface area contributed by atoms with Crippen LogP contribution in [-0.4, -0.2) is 34.9 Å². The number of nitrogens with zero attached hydrogens (tertiary/aromatic N) is 2. The van der Waals surface area contributed by atoms with E-state index in [-0.39, 0.29) is 18.6 Å². The van der Waals surface area contributed by atoms with Gasteiger partial charge in [0.05, 0.1) is 12.3 Å². The minimum absolute atomic E-state index is 0.0212. The van der Waals surface area contributed by atoms with Crippen molar-refractivity contribution in [2.24, 2.45) is 13.0 Å². The van der Waals surface area contributed by atoms with Crippen LogP contribution in [0.25, 0.3) is 0 Å². The Labute approximate surface area is 120 Å². The van der Waals surface area contributed by atoms with E-state index in [4.69, 9.17) is 4.74 Å². The second-order valence-corrected chi connectivity index (χ2v) is 5.83. The predicted octanol–water partition coefficient (Wildman–Crippen LogP) is 1.67. The number of amides is 1. The number of hydrogen-bond donors (Lipinski definition) is 1. The molecular weight excluding hydrogens is 254 g/mol. The molecule has 5 nitrogen and oxygen atoms in total. The van der Waals surface area contributed by atoms with Gasteiger partial charge >= 0.3 is 0 Å². The van der Waals surface area contributed by atoms with E-state index in [2.05, 4.69) is 17.3 Å². The highest BCUT2D eigenvalue weighted by Crippen LogP contribution is 2.25. The van der Waals surface area contributed by atoms with Gasteiger partial charge in [0.2, 0.25) is 5.91 Å². The van der Waals surface area contributed by atoms with Crippen molar-refractivity contribution in [3.05, 3.63) is 18.0 Å². The Morgan fingerprint density at radius 3 is 3.10 bits per heavy atom. The fourth-order valence-electron chi connectivity index (χ4n) is 2.72. The topological polar surface area (TPSA) is 56.1 Å². The summed E-state index contributed by atoms with van der Waals surface area (Å²) in [7, 11) is 1.89. The summed E-state index contributed by atoms with van der Waals surface area (Å²) in [4.78, 5) is 11.7. The van der Waals surface area contributed by atoms with E-state index < -0.39 is 0 Å². The Hall–Kier alpha value is -1.36. The average Bonchev–Trinajstić information content (AvgIpc) is 2.82. The lowest BCUT2D eigenvalue weighted by Crippen LogP contribution is -2.32. The first kappa shape index (κ1) is 15.0. The first-order valence-corrected chi connectivity index (χ1v) is 7.49. The van der Waals surface area contributed by atoms with Crippen molar-refractivity contribution in [3.63, 3.8) is 0 Å². The number of carbonyl (C=O) groups excluding carboxylic acids is 1. The van der Waals surface area contributed by atoms with E-state index in [1.54, 1.807) is 4.68 Å². The molecule has 0 spiro atoms. The molecule has 1 aromatic rings. The molecule has 2 rings (SSSR count). The summed E-state index contributed by atoms with van der Waals surface area (Å²) in [6, 6.07) is 0. The Balaban J connectivity index is 1.58. The molecule has 0 radical (unpaired) electrons. The number of aryl methyl sites for hydroxylation is 1. The molecule has 1 aliphatic rings. The van der Waals surface area contributed by atoms with Gasteiger partial charge < -0.3 is 10.1 Å². The van der Waals surface area contributed by atoms with Crippen molar-refractivity contribution < 1.29 is 9.53 Å². The van der Waals surface area contributed by atoms with Crippen molar-refractivity contribution in [3.8, 4) is 0 Å². The molecule has 112 valence electrons. The third kappa shape index (κ3) is 4.96. The Kier molecular flexibility index (Phi) is 5.59. The van der Waals surface area contributed by atoms with Crippen molar-refractivity contribution in [1.29, 1.82) is 0 Å². The van der Waals surface area contributed by atoms with Gasteiger partial charge in [-0.3, -0.25) is 9.48 Å². The smallest absolute Gasteiger partial charge is 0.246 e. The first-order chi connectivity index (χ1) is 9.63. The predicted molar refractivity (Wildman–Crippen MR) is 77.3 cm³/mol. The number of ether oxygens (including phenoxy) is 1. The van der Waals surface area contributed by atoms with Gasteiger partial charge in [-0.2, -0.15) is 5.10 Å². The highest BCUT2D eigenvalue weighted by Gasteiger charge is 2.19. The zero-order valence-electron chi connectivity index (χ0n) is 12.5. The van der Waals surface area contributed by atoms with E-state index in [0.29, 0.717) is 6.54 Å². The van der Waals surface area contributed by atoms with Crippen LogP contribution in [0.4, 0.5) is 0 Å². The minimum atomic E-state index is -0.0212. The maximum atomic E-state index is 11.7. The van der Waals surface area contributed by atoms with Gasteiger partial charge in [0, 0.05) is 19.8 Å². The summed E-state index contributed by atoms with van der Waals surface area (Å²) in [6.45, 7) is 3.07. The van der Waals surface area contributed by atoms with E-state index in [1.807, 2.05) is 19.4 Å². The molecule has 1 amide bonds. The van der Waals surface area contributed by atoms with E-state index in [0.717, 1.165) is 30.7 Å². The third-order valence-electron chi connectivity index (χ3n) is 3.83. The van der Waals surface area contributed by atoms with Crippen LogP contribution in [0.2, 0.25) is 0 Å². The monoisotopic (exact) mass is 279 g/mol. The number of hydrogen-bond acceptors (Lipinski definition) is 3. The van der Waals surface area contributed by atoms with Crippen molar-refractivity contribution in [1.82, 2.24) is 15.1 Å². The van der Waals surface area contributed by atoms with Crippen LogP contribution in [0.5, 0.6) is 0 Å². The lowest BCUT2D eigenvalue weighted by molar-refractivity contribution is -0.128. The van der Waals surface area contributed by atoms with Crippen LogP contribution < -0.4 is 5.32 Å². The van der Waals surface area contributed by atoms with Crippen LogP contribution in [0.3, 0.4) is 0 Å². The fraction of sp³-hybridized carbons (Fsp3) is 0.733. The largest absolute Gasteiger partial charge is 0.368 e. The van der Waals surface area contributed by atoms with Gasteiger partial charge in [-0.15, -0.1) is 0 Å². The molecule has 0 aliphatic heterocycles. The zero-order valence-corrected chi connectivity index (χ0v) is 12.5. The molecule has 1 heterocycles. The van der Waals surface area contributed by atoms with Crippen molar-refractivity contribution >= 4 is 5.91 Å². The molecule has 2 atom stereocenters. The molecule has 20 heavy (non-hydrogen) atoms. The summed E-state index contributed by atoms with van der Waals surface area (Å²) in [6.07, 6.45) is 9.54. The Morgan fingerprint density at radius 1 is 1.55 bits per heavy atom. The van der Waals surface area contributed by atoms with Gasteiger partial charge in [-0.1, -0.05) is 19.8 Å². The summed E-state index contributed by atoms with van der Waals surface area (Å²) in [5, 5.41) is 6.99. The molecular formula is C15H25N3O2. The van der Waals surface area contributed by atoms with Crippen molar-refractivity contribution in [2.75, 3.05) is 13.2 Å². The fourth-order valence-corrected chi connectivity index (χ4v) is 2.72. The van der Waals surface area contributed by atoms with Crippen LogP contribution in [0.15, 0.2) is 12.4 Å². The molecule has 0 saturated heterocycles. The van der Waals surface area contributed by atoms with E-state index in [9.17, 15) is 4.79 Å². The van der Waals surface area contributed by atoms with Gasteiger partial charge in [0.15, 0.2) is 0 Å². The van der Waals surface area contributed by atoms with Crippen LogP contribution in [-0.2, 0) is 23.0 Å². The molecule has 2 unspecified atom stereocenters. The molecule has 0 bridgehead atoms. The van der Waals surface area contributed by atoms with Gasteiger partial charge in [-0.25, -0.2) is 0 Å². The molecule has 1 aliphatic carbocycles. The number of rotatable bonds is 6. The second-order valence-electron chi connectivity index (χ2n) is 5.83. The summed E-state index contributed by atoms with van der Waals surface area (Å²) >= 11 is 0. The number of nitrogens with one attached hydrogen (secondary N) is 1. The number of carbonyl (C=O) groups is 1. The maximum absolute atomic E-state index is 11.7. The Morgan fingerprint density at radius 2 is 2.40 bits per heavy atom. The summed E-state index contributed by atoms with van der Waals surface area (Å²) in [5.41, 5.74) is 1.13. The number of aromatic nitrogens is 2. The van der Waals surface area contributed by atoms with Gasteiger partial charge in [0.1, 0.15) is 6.61 Å². The quantitative estimate of drug-likeness (QED) is 0.862. The molecule has 1 N–H and O–H groups in total. The Bertz CT molecular complexity index is 431. The SMILES string of the molecule is CC1CCCC(OCC(=O)NCCc2cnn(C)c2)C1. The summed E-state index contributed by atoms with van der Waals surface area (Å²) < 4.78 is 7.46. The minimum Gasteiger partial charge on any atom is -0.368 e. The van der Waals surface area contributed by atoms with Crippen LogP contribution in [0, 0.1) is 5.92 Å². The molecule has 1 fully saturated rings. The average molecular weight is 279 g/mol. The van der Waals surface area contributed by atoms with Crippen molar-refractivity contribution in [2.45, 2.75) is 45.1 Å². The van der Waals surface area contributed by atoms with Gasteiger partial charge in [0.25, 0.3) is 0 Å². The van der Waals surface area contributed by atoms with Gasteiger partial charge in [-0.05, 0) is 30.7 Å². The normalized spacial score (nSPS) is 22.7. The lowest BCUT2D eigenvalue weighted by Gasteiger charge is -2.26. The van der Waals surface area contributed by atoms with Crippen LogP contribution >= 0.6 is 0 Å². The molecule has 1 aromatic heterocycles. The lowest BCUT2D eigenvalue weighted by atomic mass is 9.89. The summed E-state index contributed by atoms with van der Waals surface area (Å²) in [5.74, 6) is 0.703. The highest BCUT2D eigenvalue weighted by molar-refractivity contribution is 5.77. The second kappa shape index (κ2) is 7.43. The third-order valence-corrected chi connectivity index (χ3v) is 3.83. The highest BCUT2D eigenvalue weighted by atomic mass is 16.5. The first-order valence-electron chi connectivity index (χ1n) is 7.49. The molecule has 0 aromatic carbocycles.